The number of hydrogen-bond donors (Lipinski definition) is 2. The molecule has 1 fully saturated rings. The molecule has 2 amide bonds. The first kappa shape index (κ1) is 17.4. The van der Waals surface area contributed by atoms with Gasteiger partial charge >= 0.3 is 0 Å². The maximum atomic E-state index is 12.5. The van der Waals surface area contributed by atoms with Crippen LogP contribution in [0.2, 0.25) is 0 Å². The Hall–Kier alpha value is -1.93. The number of nitrogens with two attached hydrogens (primary N) is 1. The fraction of sp³-hybridized carbons (Fsp3) is 0.667. The minimum Gasteiger partial charge on any atom is -0.373 e. The highest BCUT2D eigenvalue weighted by Gasteiger charge is 2.27. The van der Waals surface area contributed by atoms with Gasteiger partial charge in [0, 0.05) is 25.3 Å². The number of aromatic nitrogens is 2. The van der Waals surface area contributed by atoms with Crippen LogP contribution in [0, 0.1) is 0 Å². The van der Waals surface area contributed by atoms with Crippen LogP contribution in [-0.2, 0) is 16.0 Å². The van der Waals surface area contributed by atoms with Gasteiger partial charge in [0.05, 0.1) is 19.3 Å². The van der Waals surface area contributed by atoms with Gasteiger partial charge in [0.25, 0.3) is 5.91 Å². The van der Waals surface area contributed by atoms with Gasteiger partial charge in [-0.15, -0.1) is 0 Å². The number of likely N-dealkylation sites (N-methyl/N-ethyl adjacent to an activating group) is 1. The van der Waals surface area contributed by atoms with E-state index in [4.69, 9.17) is 10.5 Å². The first-order valence-corrected chi connectivity index (χ1v) is 7.91. The summed E-state index contributed by atoms with van der Waals surface area (Å²) >= 11 is 0. The highest BCUT2D eigenvalue weighted by Crippen LogP contribution is 2.11. The zero-order valence-corrected chi connectivity index (χ0v) is 13.7. The van der Waals surface area contributed by atoms with Gasteiger partial charge in [-0.3, -0.25) is 19.6 Å². The van der Waals surface area contributed by atoms with Gasteiger partial charge in [-0.2, -0.15) is 5.10 Å². The van der Waals surface area contributed by atoms with E-state index < -0.39 is 0 Å². The number of amides is 2. The number of aromatic amines is 1. The Morgan fingerprint density at radius 2 is 2.35 bits per heavy atom. The third-order valence-corrected chi connectivity index (χ3v) is 3.74. The lowest BCUT2D eigenvalue weighted by atomic mass is 10.2. The van der Waals surface area contributed by atoms with E-state index in [0.717, 1.165) is 18.5 Å². The third-order valence-electron chi connectivity index (χ3n) is 3.74. The number of hydrogen-bond acceptors (Lipinski definition) is 5. The van der Waals surface area contributed by atoms with Crippen LogP contribution in [-0.4, -0.2) is 77.7 Å². The summed E-state index contributed by atoms with van der Waals surface area (Å²) in [5, 5.41) is 7.01. The lowest BCUT2D eigenvalue weighted by Crippen LogP contribution is -2.50. The molecule has 1 aliphatic rings. The summed E-state index contributed by atoms with van der Waals surface area (Å²) in [5.74, 6) is -0.467. The van der Waals surface area contributed by atoms with E-state index in [1.807, 2.05) is 6.07 Å². The van der Waals surface area contributed by atoms with Crippen molar-refractivity contribution in [2.45, 2.75) is 25.9 Å². The van der Waals surface area contributed by atoms with Crippen molar-refractivity contribution in [3.8, 4) is 0 Å². The summed E-state index contributed by atoms with van der Waals surface area (Å²) in [5.41, 5.74) is 6.60. The van der Waals surface area contributed by atoms with Crippen molar-refractivity contribution in [3.63, 3.8) is 0 Å². The molecule has 1 unspecified atom stereocenters. The van der Waals surface area contributed by atoms with Crippen LogP contribution in [0.25, 0.3) is 0 Å². The molecule has 3 N–H and O–H groups in total. The van der Waals surface area contributed by atoms with Gasteiger partial charge in [-0.05, 0) is 19.5 Å². The average Bonchev–Trinajstić information content (AvgIpc) is 2.95. The number of carbonyl (C=O) groups is 2. The maximum Gasteiger partial charge on any atom is 0.274 e. The maximum absolute atomic E-state index is 12.5. The number of primary amides is 1. The minimum absolute atomic E-state index is 0.0885. The third kappa shape index (κ3) is 5.04. The number of rotatable bonds is 7. The van der Waals surface area contributed by atoms with E-state index in [2.05, 4.69) is 17.1 Å². The van der Waals surface area contributed by atoms with Gasteiger partial charge in [-0.1, -0.05) is 13.3 Å². The van der Waals surface area contributed by atoms with Gasteiger partial charge in [0.1, 0.15) is 5.69 Å². The Balaban J connectivity index is 1.91. The number of nitrogens with one attached hydrogen (secondary N) is 1. The molecule has 1 saturated heterocycles. The van der Waals surface area contributed by atoms with Crippen molar-refractivity contribution >= 4 is 11.8 Å². The summed E-state index contributed by atoms with van der Waals surface area (Å²) in [4.78, 5) is 27.0. The summed E-state index contributed by atoms with van der Waals surface area (Å²) < 4.78 is 5.67. The molecular weight excluding hydrogens is 298 g/mol. The highest BCUT2D eigenvalue weighted by atomic mass is 16.5. The van der Waals surface area contributed by atoms with Crippen molar-refractivity contribution in [3.05, 3.63) is 17.5 Å². The molecule has 0 saturated carbocycles. The van der Waals surface area contributed by atoms with E-state index in [9.17, 15) is 9.59 Å². The molecule has 2 heterocycles. The SMILES string of the molecule is CCCc1cc(C(=O)N2CCOC(CN(C)CC(N)=O)C2)n[nH]1. The van der Waals surface area contributed by atoms with Crippen LogP contribution >= 0.6 is 0 Å². The van der Waals surface area contributed by atoms with E-state index >= 15 is 0 Å². The van der Waals surface area contributed by atoms with Crippen molar-refractivity contribution < 1.29 is 14.3 Å². The highest BCUT2D eigenvalue weighted by molar-refractivity contribution is 5.92. The average molecular weight is 323 g/mol. The summed E-state index contributed by atoms with van der Waals surface area (Å²) in [6.45, 7) is 4.31. The largest absolute Gasteiger partial charge is 0.373 e. The van der Waals surface area contributed by atoms with Crippen LogP contribution in [0.5, 0.6) is 0 Å². The second kappa shape index (κ2) is 8.07. The Morgan fingerprint density at radius 3 is 3.04 bits per heavy atom. The molecule has 23 heavy (non-hydrogen) atoms. The van der Waals surface area contributed by atoms with Gasteiger partial charge in [0.15, 0.2) is 0 Å². The van der Waals surface area contributed by atoms with Gasteiger partial charge < -0.3 is 15.4 Å². The normalized spacial score (nSPS) is 18.4. The molecule has 2 rings (SSSR count). The smallest absolute Gasteiger partial charge is 0.274 e. The molecule has 0 spiro atoms. The van der Waals surface area contributed by atoms with Crippen molar-refractivity contribution in [1.82, 2.24) is 20.0 Å². The predicted octanol–water partition coefficient (Wildman–Crippen LogP) is -0.380. The summed E-state index contributed by atoms with van der Waals surface area (Å²) in [6.07, 6.45) is 1.75. The van der Waals surface area contributed by atoms with Crippen LogP contribution in [0.3, 0.4) is 0 Å². The van der Waals surface area contributed by atoms with Gasteiger partial charge in [-0.25, -0.2) is 0 Å². The molecule has 128 valence electrons. The fourth-order valence-corrected chi connectivity index (χ4v) is 2.72. The Kier molecular flexibility index (Phi) is 6.12. The number of ether oxygens (including phenoxy) is 1. The van der Waals surface area contributed by atoms with Crippen molar-refractivity contribution in [2.24, 2.45) is 5.73 Å². The summed E-state index contributed by atoms with van der Waals surface area (Å²) in [7, 11) is 1.81. The van der Waals surface area contributed by atoms with Crippen LogP contribution in [0.1, 0.15) is 29.5 Å². The molecule has 8 heteroatoms. The standard InChI is InChI=1S/C15H25N5O3/c1-3-4-11-7-13(18-17-11)15(22)20-5-6-23-12(9-20)8-19(2)10-14(16)21/h7,12H,3-6,8-10H2,1-2H3,(H2,16,21)(H,17,18). The molecule has 1 aliphatic heterocycles. The van der Waals surface area contributed by atoms with E-state index in [0.29, 0.717) is 31.9 Å². The van der Waals surface area contributed by atoms with E-state index in [-0.39, 0.29) is 24.5 Å². The van der Waals surface area contributed by atoms with E-state index in [1.165, 1.54) is 0 Å². The molecule has 1 aromatic rings. The monoisotopic (exact) mass is 323 g/mol. The van der Waals surface area contributed by atoms with Crippen LogP contribution < -0.4 is 5.73 Å². The minimum atomic E-state index is -0.379. The van der Waals surface area contributed by atoms with E-state index in [1.54, 1.807) is 16.8 Å². The first-order valence-electron chi connectivity index (χ1n) is 7.91. The molecule has 0 radical (unpaired) electrons. The number of aryl methyl sites for hydroxylation is 1. The predicted molar refractivity (Wildman–Crippen MR) is 84.9 cm³/mol. The molecule has 0 bridgehead atoms. The van der Waals surface area contributed by atoms with Gasteiger partial charge in [0.2, 0.25) is 5.91 Å². The van der Waals surface area contributed by atoms with Crippen molar-refractivity contribution in [1.29, 1.82) is 0 Å². The fourth-order valence-electron chi connectivity index (χ4n) is 2.72. The van der Waals surface area contributed by atoms with Crippen molar-refractivity contribution in [2.75, 3.05) is 39.8 Å². The molecule has 1 aromatic heterocycles. The second-order valence-corrected chi connectivity index (χ2v) is 5.94. The molecular formula is C15H25N5O3. The Morgan fingerprint density at radius 1 is 1.57 bits per heavy atom. The lowest BCUT2D eigenvalue weighted by molar-refractivity contribution is -0.119. The number of carbonyl (C=O) groups excluding carboxylic acids is 2. The quantitative estimate of drug-likeness (QED) is 0.712. The van der Waals surface area contributed by atoms with Crippen LogP contribution in [0.15, 0.2) is 6.07 Å². The zero-order chi connectivity index (χ0) is 16.8. The zero-order valence-electron chi connectivity index (χ0n) is 13.7. The number of morpholine rings is 1. The molecule has 1 atom stereocenters. The lowest BCUT2D eigenvalue weighted by Gasteiger charge is -2.34. The Labute approximate surface area is 135 Å². The second-order valence-electron chi connectivity index (χ2n) is 5.94. The number of nitrogens with zero attached hydrogens (tertiary/aromatic N) is 3. The van der Waals surface area contributed by atoms with Crippen LogP contribution in [0.4, 0.5) is 0 Å². The molecule has 0 aliphatic carbocycles. The number of H-pyrrole nitrogens is 1. The first-order chi connectivity index (χ1) is 11.0. The summed E-state index contributed by atoms with van der Waals surface area (Å²) in [6, 6.07) is 1.81. The molecule has 0 aromatic carbocycles. The topological polar surface area (TPSA) is 105 Å². The molecule has 8 nitrogen and oxygen atoms in total. The Bertz CT molecular complexity index is 545.